The van der Waals surface area contributed by atoms with Crippen LogP contribution in [0.3, 0.4) is 0 Å². The van der Waals surface area contributed by atoms with E-state index in [1.807, 2.05) is 6.92 Å². The fourth-order valence-corrected chi connectivity index (χ4v) is 2.87. The second-order valence-corrected chi connectivity index (χ2v) is 5.88. The second kappa shape index (κ2) is 5.45. The molecule has 1 rings (SSSR count). The van der Waals surface area contributed by atoms with Gasteiger partial charge < -0.3 is 14.2 Å². The Morgan fingerprint density at radius 2 is 1.71 bits per heavy atom. The molecule has 5 nitrogen and oxygen atoms in total. The van der Waals surface area contributed by atoms with Crippen molar-refractivity contribution in [3.63, 3.8) is 0 Å². The summed E-state index contributed by atoms with van der Waals surface area (Å²) in [5.41, 5.74) is 0.0794. The minimum atomic E-state index is -3.68. The van der Waals surface area contributed by atoms with Crippen molar-refractivity contribution < 1.29 is 23.5 Å². The number of aliphatic carboxylic acids is 1. The third kappa shape index (κ3) is 2.94. The van der Waals surface area contributed by atoms with Gasteiger partial charge in [-0.25, -0.2) is 0 Å². The molecule has 6 heteroatoms. The lowest BCUT2D eigenvalue weighted by atomic mass is 10.1. The minimum absolute atomic E-state index is 0.398. The van der Waals surface area contributed by atoms with Gasteiger partial charge in [0, 0.05) is 14.2 Å². The topological polar surface area (TPSA) is 72.8 Å². The molecular formula is C11H15O5P. The first-order chi connectivity index (χ1) is 7.94. The predicted octanol–water partition coefficient (Wildman–Crippen LogP) is 2.61. The first kappa shape index (κ1) is 13.9. The highest BCUT2D eigenvalue weighted by Crippen LogP contribution is 2.59. The van der Waals surface area contributed by atoms with Gasteiger partial charge in [0.25, 0.3) is 0 Å². The Morgan fingerprint density at radius 1 is 1.24 bits per heavy atom. The molecule has 0 heterocycles. The van der Waals surface area contributed by atoms with E-state index in [9.17, 15) is 9.36 Å². The summed E-state index contributed by atoms with van der Waals surface area (Å²) in [5, 5.41) is 9.16. The second-order valence-electron chi connectivity index (χ2n) is 3.56. The normalized spacial score (nSPS) is 13.4. The van der Waals surface area contributed by atoms with Crippen molar-refractivity contribution in [1.82, 2.24) is 0 Å². The van der Waals surface area contributed by atoms with E-state index in [1.165, 1.54) is 14.2 Å². The summed E-state index contributed by atoms with van der Waals surface area (Å²) in [6.45, 7) is 1.88. The van der Waals surface area contributed by atoms with Gasteiger partial charge in [-0.3, -0.25) is 9.36 Å². The molecule has 1 unspecified atom stereocenters. The largest absolute Gasteiger partial charge is 0.480 e. The zero-order valence-electron chi connectivity index (χ0n) is 9.91. The third-order valence-corrected chi connectivity index (χ3v) is 4.62. The van der Waals surface area contributed by atoms with Gasteiger partial charge in [-0.1, -0.05) is 29.8 Å². The molecule has 1 atom stereocenters. The van der Waals surface area contributed by atoms with Crippen LogP contribution in [0.15, 0.2) is 24.3 Å². The van der Waals surface area contributed by atoms with Crippen molar-refractivity contribution in [2.75, 3.05) is 14.2 Å². The summed E-state index contributed by atoms with van der Waals surface area (Å²) in [6, 6.07) is 6.72. The molecule has 1 aromatic carbocycles. The van der Waals surface area contributed by atoms with Crippen LogP contribution in [0, 0.1) is 6.92 Å². The fraction of sp³-hybridized carbons (Fsp3) is 0.364. The molecule has 0 saturated heterocycles. The molecule has 0 spiro atoms. The van der Waals surface area contributed by atoms with Gasteiger partial charge in [0.1, 0.15) is 0 Å². The zero-order valence-corrected chi connectivity index (χ0v) is 10.8. The van der Waals surface area contributed by atoms with Gasteiger partial charge >= 0.3 is 13.6 Å². The van der Waals surface area contributed by atoms with E-state index in [1.54, 1.807) is 24.3 Å². The Hall–Kier alpha value is -1.16. The van der Waals surface area contributed by atoms with Gasteiger partial charge in [-0.15, -0.1) is 0 Å². The van der Waals surface area contributed by atoms with Crippen molar-refractivity contribution in [3.05, 3.63) is 35.4 Å². The highest BCUT2D eigenvalue weighted by Gasteiger charge is 2.41. The summed E-state index contributed by atoms with van der Waals surface area (Å²) in [5.74, 6) is -1.24. The summed E-state index contributed by atoms with van der Waals surface area (Å²) >= 11 is 0. The monoisotopic (exact) mass is 258 g/mol. The first-order valence-corrected chi connectivity index (χ1v) is 6.56. The number of rotatable bonds is 5. The molecule has 0 aliphatic carbocycles. The van der Waals surface area contributed by atoms with E-state index in [0.717, 1.165) is 5.56 Å². The zero-order chi connectivity index (χ0) is 13.1. The van der Waals surface area contributed by atoms with Crippen molar-refractivity contribution in [2.45, 2.75) is 12.6 Å². The van der Waals surface area contributed by atoms with E-state index < -0.39 is 19.2 Å². The lowest BCUT2D eigenvalue weighted by Crippen LogP contribution is -2.14. The number of carbonyl (C=O) groups is 1. The van der Waals surface area contributed by atoms with Crippen LogP contribution in [0.2, 0.25) is 0 Å². The van der Waals surface area contributed by atoms with E-state index in [-0.39, 0.29) is 0 Å². The molecule has 17 heavy (non-hydrogen) atoms. The molecule has 94 valence electrons. The highest BCUT2D eigenvalue weighted by atomic mass is 31.2. The Morgan fingerprint density at radius 3 is 2.06 bits per heavy atom. The van der Waals surface area contributed by atoms with E-state index in [4.69, 9.17) is 14.2 Å². The summed E-state index contributed by atoms with van der Waals surface area (Å²) in [4.78, 5) is 11.2. The highest BCUT2D eigenvalue weighted by molar-refractivity contribution is 7.55. The molecule has 0 radical (unpaired) electrons. The average Bonchev–Trinajstić information content (AvgIpc) is 2.31. The lowest BCUT2D eigenvalue weighted by molar-refractivity contribution is -0.137. The Bertz CT molecular complexity index is 432. The minimum Gasteiger partial charge on any atom is -0.480 e. The predicted molar refractivity (Wildman–Crippen MR) is 63.2 cm³/mol. The smallest absolute Gasteiger partial charge is 0.348 e. The SMILES string of the molecule is COP(=O)(OC)C(C(=O)O)c1ccc(C)cc1. The van der Waals surface area contributed by atoms with Crippen molar-refractivity contribution in [2.24, 2.45) is 0 Å². The summed E-state index contributed by atoms with van der Waals surface area (Å²) < 4.78 is 21.6. The van der Waals surface area contributed by atoms with E-state index >= 15 is 0 Å². The van der Waals surface area contributed by atoms with Crippen LogP contribution < -0.4 is 0 Å². The number of hydrogen-bond donors (Lipinski definition) is 1. The Labute approximate surface area is 99.9 Å². The fourth-order valence-electron chi connectivity index (χ4n) is 1.49. The van der Waals surface area contributed by atoms with Crippen LogP contribution in [-0.4, -0.2) is 25.3 Å². The molecule has 1 N–H and O–H groups in total. The average molecular weight is 258 g/mol. The summed E-state index contributed by atoms with van der Waals surface area (Å²) in [6.07, 6.45) is 0. The maximum Gasteiger partial charge on any atom is 0.348 e. The summed E-state index contributed by atoms with van der Waals surface area (Å²) in [7, 11) is -1.33. The van der Waals surface area contributed by atoms with Crippen LogP contribution in [-0.2, 0) is 18.4 Å². The molecule has 0 aliphatic rings. The van der Waals surface area contributed by atoms with Crippen LogP contribution in [0.1, 0.15) is 16.8 Å². The van der Waals surface area contributed by atoms with E-state index in [0.29, 0.717) is 5.56 Å². The molecule has 0 fully saturated rings. The first-order valence-electron chi connectivity index (χ1n) is 4.95. The van der Waals surface area contributed by atoms with Gasteiger partial charge in [-0.2, -0.15) is 0 Å². The van der Waals surface area contributed by atoms with Crippen molar-refractivity contribution in [3.8, 4) is 0 Å². The van der Waals surface area contributed by atoms with Crippen LogP contribution in [0.4, 0.5) is 0 Å². The van der Waals surface area contributed by atoms with Gasteiger partial charge in [-0.05, 0) is 12.5 Å². The molecular weight excluding hydrogens is 243 g/mol. The van der Waals surface area contributed by atoms with Crippen LogP contribution in [0.5, 0.6) is 0 Å². The van der Waals surface area contributed by atoms with Crippen LogP contribution >= 0.6 is 7.60 Å². The lowest BCUT2D eigenvalue weighted by Gasteiger charge is -2.21. The van der Waals surface area contributed by atoms with Crippen molar-refractivity contribution >= 4 is 13.6 Å². The van der Waals surface area contributed by atoms with Gasteiger partial charge in [0.2, 0.25) is 0 Å². The molecule has 0 aliphatic heterocycles. The third-order valence-electron chi connectivity index (χ3n) is 2.45. The molecule has 0 bridgehead atoms. The van der Waals surface area contributed by atoms with Crippen LogP contribution in [0.25, 0.3) is 0 Å². The Kier molecular flexibility index (Phi) is 4.46. The van der Waals surface area contributed by atoms with E-state index in [2.05, 4.69) is 0 Å². The Balaban J connectivity index is 3.23. The maximum absolute atomic E-state index is 12.2. The molecule has 0 aromatic heterocycles. The molecule has 1 aromatic rings. The van der Waals surface area contributed by atoms with Crippen molar-refractivity contribution in [1.29, 1.82) is 0 Å². The quantitative estimate of drug-likeness (QED) is 0.822. The van der Waals surface area contributed by atoms with Gasteiger partial charge in [0.15, 0.2) is 5.66 Å². The number of carboxylic acids is 1. The number of benzene rings is 1. The number of hydrogen-bond acceptors (Lipinski definition) is 4. The number of carboxylic acid groups (broad SMARTS) is 1. The maximum atomic E-state index is 12.2. The van der Waals surface area contributed by atoms with Gasteiger partial charge in [0.05, 0.1) is 0 Å². The number of aryl methyl sites for hydroxylation is 1. The molecule has 0 saturated carbocycles. The molecule has 0 amide bonds. The standard InChI is InChI=1S/C11H15O5P/c1-8-4-6-9(7-5-8)10(11(12)13)17(14,15-2)16-3/h4-7,10H,1-3H3,(H,12,13).